The smallest absolute Gasteiger partial charge is 0.243 e. The van der Waals surface area contributed by atoms with Gasteiger partial charge in [-0.15, -0.1) is 0 Å². The first-order valence-electron chi connectivity index (χ1n) is 12.1. The van der Waals surface area contributed by atoms with E-state index in [-0.39, 0.29) is 23.9 Å². The van der Waals surface area contributed by atoms with E-state index in [9.17, 15) is 13.2 Å². The molecule has 0 aliphatic carbocycles. The molecule has 0 bridgehead atoms. The number of hydrogen-bond donors (Lipinski definition) is 1. The molecule has 1 N–H and O–H groups in total. The Morgan fingerprint density at radius 2 is 1.74 bits per heavy atom. The van der Waals surface area contributed by atoms with E-state index >= 15 is 0 Å². The summed E-state index contributed by atoms with van der Waals surface area (Å²) in [6.07, 6.45) is 0.493. The fourth-order valence-electron chi connectivity index (χ4n) is 3.75. The number of hydrogen-bond acceptors (Lipinski definition) is 6. The van der Waals surface area contributed by atoms with Crippen molar-refractivity contribution in [2.24, 2.45) is 0 Å². The van der Waals surface area contributed by atoms with Crippen LogP contribution in [-0.4, -0.2) is 35.3 Å². The van der Waals surface area contributed by atoms with E-state index in [1.165, 1.54) is 0 Å². The van der Waals surface area contributed by atoms with E-state index in [2.05, 4.69) is 15.5 Å². The molecule has 1 heterocycles. The molecule has 4 aromatic rings. The van der Waals surface area contributed by atoms with Gasteiger partial charge >= 0.3 is 0 Å². The number of halogens is 1. The molecule has 198 valence electrons. The molecule has 8 nitrogen and oxygen atoms in total. The minimum Gasteiger partial charge on any atom is -0.339 e. The molecule has 0 unspecified atom stereocenters. The Labute approximate surface area is 227 Å². The molecule has 0 atom stereocenters. The van der Waals surface area contributed by atoms with Gasteiger partial charge in [-0.3, -0.25) is 4.79 Å². The number of rotatable bonds is 10. The zero-order valence-corrected chi connectivity index (χ0v) is 23.0. The van der Waals surface area contributed by atoms with Gasteiger partial charge in [0, 0.05) is 29.6 Å². The van der Waals surface area contributed by atoms with Crippen molar-refractivity contribution in [3.63, 3.8) is 0 Å². The Bertz CT molecular complexity index is 1500. The summed E-state index contributed by atoms with van der Waals surface area (Å²) in [7, 11) is -3.96. The highest BCUT2D eigenvalue weighted by Crippen LogP contribution is 2.21. The van der Waals surface area contributed by atoms with Crippen LogP contribution in [-0.2, 0) is 27.8 Å². The Kier molecular flexibility index (Phi) is 8.61. The van der Waals surface area contributed by atoms with Gasteiger partial charge in [-0.25, -0.2) is 8.42 Å². The summed E-state index contributed by atoms with van der Waals surface area (Å²) in [5, 5.41) is 7.28. The van der Waals surface area contributed by atoms with E-state index in [1.807, 2.05) is 32.9 Å². The van der Waals surface area contributed by atoms with Crippen LogP contribution in [0.15, 0.2) is 82.2 Å². The van der Waals surface area contributed by atoms with Crippen LogP contribution < -0.4 is 5.32 Å². The fourth-order valence-corrected chi connectivity index (χ4v) is 5.34. The number of sulfonamides is 1. The summed E-state index contributed by atoms with van der Waals surface area (Å²) in [6, 6.07) is 20.7. The predicted molar refractivity (Wildman–Crippen MR) is 146 cm³/mol. The second-order valence-electron chi connectivity index (χ2n) is 9.34. The number of nitrogens with zero attached hydrogens (tertiary/aromatic N) is 3. The van der Waals surface area contributed by atoms with Gasteiger partial charge in [0.1, 0.15) is 0 Å². The number of carbonyl (C=O) groups is 1. The molecule has 0 spiro atoms. The average molecular weight is 553 g/mol. The normalized spacial score (nSPS) is 11.7. The molecule has 0 fully saturated rings. The number of carbonyl (C=O) groups excluding carboxylic acids is 1. The molecule has 10 heteroatoms. The second-order valence-corrected chi connectivity index (χ2v) is 11.7. The van der Waals surface area contributed by atoms with Gasteiger partial charge < -0.3 is 9.84 Å². The molecule has 4 rings (SSSR count). The quantitative estimate of drug-likeness (QED) is 0.275. The lowest BCUT2D eigenvalue weighted by atomic mass is 10.1. The maximum atomic E-state index is 13.5. The average Bonchev–Trinajstić information content (AvgIpc) is 3.34. The Morgan fingerprint density at radius 1 is 1.03 bits per heavy atom. The number of benzene rings is 3. The Morgan fingerprint density at radius 3 is 2.37 bits per heavy atom. The van der Waals surface area contributed by atoms with Crippen LogP contribution in [0.5, 0.6) is 0 Å². The number of anilines is 1. The topological polar surface area (TPSA) is 105 Å². The van der Waals surface area contributed by atoms with Crippen molar-refractivity contribution < 1.29 is 17.7 Å². The monoisotopic (exact) mass is 552 g/mol. The van der Waals surface area contributed by atoms with Crippen molar-refractivity contribution in [3.05, 3.63) is 106 Å². The predicted octanol–water partition coefficient (Wildman–Crippen LogP) is 5.58. The van der Waals surface area contributed by atoms with Crippen LogP contribution >= 0.6 is 11.6 Å². The second kappa shape index (κ2) is 11.9. The Hall–Kier alpha value is -3.53. The molecule has 1 amide bonds. The van der Waals surface area contributed by atoms with Gasteiger partial charge in [0.15, 0.2) is 5.82 Å². The highest BCUT2D eigenvalue weighted by atomic mass is 35.5. The van der Waals surface area contributed by atoms with Crippen LogP contribution in [0.4, 0.5) is 5.69 Å². The maximum absolute atomic E-state index is 13.5. The van der Waals surface area contributed by atoms with Crippen molar-refractivity contribution in [1.82, 2.24) is 14.4 Å². The number of aryl methyl sites for hydroxylation is 1. The standard InChI is InChI=1S/C28H29ClN4O4S/c1-19(2)28-31-26(32-37-28)16-21-9-11-24(12-10-21)30-27(34)18-33(17-22-5-4-6-23(29)15-22)38(35,36)25-13-7-20(3)8-14-25/h4-15,19H,16-18H2,1-3H3,(H,30,34). The molecule has 1 aromatic heterocycles. The summed E-state index contributed by atoms with van der Waals surface area (Å²) in [4.78, 5) is 17.5. The molecular weight excluding hydrogens is 524 g/mol. The highest BCUT2D eigenvalue weighted by Gasteiger charge is 2.27. The molecule has 0 aliphatic heterocycles. The van der Waals surface area contributed by atoms with E-state index in [0.717, 1.165) is 15.4 Å². The minimum atomic E-state index is -3.96. The molecule has 3 aromatic carbocycles. The van der Waals surface area contributed by atoms with Crippen molar-refractivity contribution in [2.45, 2.75) is 44.6 Å². The van der Waals surface area contributed by atoms with Crippen LogP contribution in [0, 0.1) is 6.92 Å². The zero-order valence-electron chi connectivity index (χ0n) is 21.4. The summed E-state index contributed by atoms with van der Waals surface area (Å²) >= 11 is 6.11. The molecule has 0 aliphatic rings. The first-order chi connectivity index (χ1) is 18.1. The van der Waals surface area contributed by atoms with Crippen LogP contribution in [0.3, 0.4) is 0 Å². The molecule has 0 saturated heterocycles. The van der Waals surface area contributed by atoms with E-state index < -0.39 is 15.9 Å². The molecule has 0 radical (unpaired) electrons. The van der Waals surface area contributed by atoms with Gasteiger partial charge in [0.2, 0.25) is 21.8 Å². The van der Waals surface area contributed by atoms with E-state index in [0.29, 0.717) is 34.4 Å². The van der Waals surface area contributed by atoms with Gasteiger partial charge in [-0.2, -0.15) is 9.29 Å². The number of amides is 1. The number of aromatic nitrogens is 2. The van der Waals surface area contributed by atoms with Crippen molar-refractivity contribution in [2.75, 3.05) is 11.9 Å². The van der Waals surface area contributed by atoms with Crippen molar-refractivity contribution >= 4 is 33.2 Å². The van der Waals surface area contributed by atoms with Crippen molar-refractivity contribution in [3.8, 4) is 0 Å². The first-order valence-corrected chi connectivity index (χ1v) is 13.9. The third-order valence-corrected chi connectivity index (χ3v) is 7.85. The van der Waals surface area contributed by atoms with Crippen molar-refractivity contribution in [1.29, 1.82) is 0 Å². The van der Waals surface area contributed by atoms with Gasteiger partial charge in [-0.05, 0) is 54.4 Å². The van der Waals surface area contributed by atoms with Gasteiger partial charge in [0.25, 0.3) is 0 Å². The molecule has 0 saturated carbocycles. The summed E-state index contributed by atoms with van der Waals surface area (Å²) in [5.74, 6) is 0.868. The lowest BCUT2D eigenvalue weighted by molar-refractivity contribution is -0.116. The lowest BCUT2D eigenvalue weighted by Crippen LogP contribution is -2.37. The van der Waals surface area contributed by atoms with Crippen LogP contribution in [0.25, 0.3) is 0 Å². The summed E-state index contributed by atoms with van der Waals surface area (Å²) < 4.78 is 33.3. The SMILES string of the molecule is Cc1ccc(S(=O)(=O)N(CC(=O)Nc2ccc(Cc3noc(C(C)C)n3)cc2)Cc2cccc(Cl)c2)cc1. The Balaban J connectivity index is 1.47. The zero-order chi connectivity index (χ0) is 27.3. The summed E-state index contributed by atoms with van der Waals surface area (Å²) in [6.45, 7) is 5.47. The minimum absolute atomic E-state index is 0.00774. The summed E-state index contributed by atoms with van der Waals surface area (Å²) in [5.41, 5.74) is 3.10. The van der Waals surface area contributed by atoms with E-state index in [1.54, 1.807) is 60.7 Å². The maximum Gasteiger partial charge on any atom is 0.243 e. The van der Waals surface area contributed by atoms with Gasteiger partial charge in [0.05, 0.1) is 11.4 Å². The van der Waals surface area contributed by atoms with E-state index in [4.69, 9.17) is 16.1 Å². The number of nitrogens with one attached hydrogen (secondary N) is 1. The van der Waals surface area contributed by atoms with Crippen LogP contribution in [0.2, 0.25) is 5.02 Å². The van der Waals surface area contributed by atoms with Gasteiger partial charge in [-0.1, -0.05) is 72.6 Å². The molecule has 38 heavy (non-hydrogen) atoms. The lowest BCUT2D eigenvalue weighted by Gasteiger charge is -2.22. The first kappa shape index (κ1) is 27.5. The fraction of sp³-hybridized carbons (Fsp3) is 0.250. The van der Waals surface area contributed by atoms with Crippen LogP contribution in [0.1, 0.15) is 48.2 Å². The highest BCUT2D eigenvalue weighted by molar-refractivity contribution is 7.89. The third-order valence-electron chi connectivity index (χ3n) is 5.80. The molecular formula is C28H29ClN4O4S. The third kappa shape index (κ3) is 7.06. The largest absolute Gasteiger partial charge is 0.339 e.